The Balaban J connectivity index is 2.40. The van der Waals surface area contributed by atoms with Gasteiger partial charge in [-0.25, -0.2) is 9.98 Å². The van der Waals surface area contributed by atoms with Crippen molar-refractivity contribution in [1.82, 2.24) is 0 Å². The fourth-order valence-corrected chi connectivity index (χ4v) is 1.65. The summed E-state index contributed by atoms with van der Waals surface area (Å²) in [6.07, 6.45) is 4.82. The Bertz CT molecular complexity index is 390. The molecule has 3 nitrogen and oxygen atoms in total. The van der Waals surface area contributed by atoms with Crippen LogP contribution in [0.5, 0.6) is 0 Å². The second-order valence-corrected chi connectivity index (χ2v) is 3.33. The lowest BCUT2D eigenvalue weighted by Gasteiger charge is -2.14. The first-order valence-corrected chi connectivity index (χ1v) is 4.26. The summed E-state index contributed by atoms with van der Waals surface area (Å²) >= 11 is 5.95. The van der Waals surface area contributed by atoms with E-state index in [-0.39, 0.29) is 11.7 Å². The number of halogens is 1. The van der Waals surface area contributed by atoms with Gasteiger partial charge in [0.25, 0.3) is 0 Å². The maximum absolute atomic E-state index is 11.2. The minimum Gasteiger partial charge on any atom is -0.295 e. The van der Waals surface area contributed by atoms with Crippen LogP contribution in [0.15, 0.2) is 32.9 Å². The molecule has 0 aromatic heterocycles. The third-order valence-corrected chi connectivity index (χ3v) is 2.37. The van der Waals surface area contributed by atoms with Gasteiger partial charge in [0.2, 0.25) is 0 Å². The van der Waals surface area contributed by atoms with Crippen molar-refractivity contribution in [2.75, 3.05) is 0 Å². The van der Waals surface area contributed by atoms with E-state index in [0.29, 0.717) is 16.4 Å². The molecule has 0 radical (unpaired) electrons. The fraction of sp³-hybridized carbons (Fsp3) is 0.222. The van der Waals surface area contributed by atoms with Gasteiger partial charge in [-0.1, -0.05) is 11.6 Å². The van der Waals surface area contributed by atoms with Crippen molar-refractivity contribution in [3.63, 3.8) is 0 Å². The molecule has 66 valence electrons. The van der Waals surface area contributed by atoms with Crippen LogP contribution in [0.2, 0.25) is 0 Å². The van der Waals surface area contributed by atoms with Gasteiger partial charge < -0.3 is 0 Å². The molecule has 2 aliphatic rings. The van der Waals surface area contributed by atoms with Gasteiger partial charge in [0.15, 0.2) is 5.78 Å². The number of hydrogen-bond acceptors (Lipinski definition) is 3. The summed E-state index contributed by atoms with van der Waals surface area (Å²) in [6.45, 7) is 1.51. The summed E-state index contributed by atoms with van der Waals surface area (Å²) in [5.74, 6) is 0.384. The zero-order valence-electron chi connectivity index (χ0n) is 6.99. The number of dihydropyridines is 1. The van der Waals surface area contributed by atoms with Gasteiger partial charge in [0.05, 0.1) is 5.92 Å². The van der Waals surface area contributed by atoms with Crippen LogP contribution in [0.3, 0.4) is 0 Å². The largest absolute Gasteiger partial charge is 0.295 e. The molecule has 2 rings (SSSR count). The highest BCUT2D eigenvalue weighted by molar-refractivity contribution is 6.35. The molecular formula is C9H7ClN2O. The van der Waals surface area contributed by atoms with Crippen LogP contribution >= 0.6 is 11.6 Å². The number of carbonyl (C=O) groups is 1. The summed E-state index contributed by atoms with van der Waals surface area (Å²) in [5, 5.41) is 0.604. The van der Waals surface area contributed by atoms with Gasteiger partial charge in [0.1, 0.15) is 5.84 Å². The number of carbonyl (C=O) groups excluding carboxylic acids is 1. The van der Waals surface area contributed by atoms with Gasteiger partial charge in [-0.15, -0.1) is 0 Å². The van der Waals surface area contributed by atoms with Crippen LogP contribution in [0.4, 0.5) is 0 Å². The zero-order valence-corrected chi connectivity index (χ0v) is 7.75. The smallest absolute Gasteiger partial charge is 0.158 e. The summed E-state index contributed by atoms with van der Waals surface area (Å²) in [7, 11) is 0. The van der Waals surface area contributed by atoms with Crippen LogP contribution in [0.1, 0.15) is 6.92 Å². The Morgan fingerprint density at radius 2 is 2.38 bits per heavy atom. The molecule has 0 unspecified atom stereocenters. The number of aliphatic imine (C=N–C) groups is 2. The van der Waals surface area contributed by atoms with Crippen molar-refractivity contribution >= 4 is 29.4 Å². The van der Waals surface area contributed by atoms with Gasteiger partial charge in [-0.2, -0.15) is 0 Å². The molecular weight excluding hydrogens is 188 g/mol. The van der Waals surface area contributed by atoms with E-state index in [4.69, 9.17) is 11.6 Å². The van der Waals surface area contributed by atoms with Gasteiger partial charge in [-0.3, -0.25) is 4.79 Å². The quantitative estimate of drug-likeness (QED) is 0.627. The molecule has 1 atom stereocenters. The van der Waals surface area contributed by atoms with Gasteiger partial charge in [-0.05, 0) is 13.0 Å². The summed E-state index contributed by atoms with van der Waals surface area (Å²) < 4.78 is 0. The van der Waals surface area contributed by atoms with Crippen molar-refractivity contribution in [3.05, 3.63) is 22.9 Å². The average molecular weight is 195 g/mol. The highest BCUT2D eigenvalue weighted by Crippen LogP contribution is 2.32. The van der Waals surface area contributed by atoms with Crippen molar-refractivity contribution < 1.29 is 4.79 Å². The van der Waals surface area contributed by atoms with E-state index >= 15 is 0 Å². The predicted molar refractivity (Wildman–Crippen MR) is 52.1 cm³/mol. The fourth-order valence-electron chi connectivity index (χ4n) is 1.38. The van der Waals surface area contributed by atoms with Crippen LogP contribution in [0, 0.1) is 5.92 Å². The summed E-state index contributed by atoms with van der Waals surface area (Å²) in [6, 6.07) is 0. The molecule has 2 heterocycles. The lowest BCUT2D eigenvalue weighted by Crippen LogP contribution is -2.18. The predicted octanol–water partition coefficient (Wildman–Crippen LogP) is 1.69. The average Bonchev–Trinajstić information content (AvgIpc) is 2.49. The molecule has 4 heteroatoms. The first kappa shape index (κ1) is 8.38. The third kappa shape index (κ3) is 1.25. The molecule has 0 aromatic rings. The molecule has 0 spiro atoms. The Labute approximate surface area is 80.5 Å². The van der Waals surface area contributed by atoms with Crippen molar-refractivity contribution in [2.24, 2.45) is 15.9 Å². The molecule has 0 aliphatic carbocycles. The SMILES string of the molecule is CC(=O)C1=CN=C2N=CC=C(Cl)[C@@H]12. The highest BCUT2D eigenvalue weighted by Gasteiger charge is 2.31. The van der Waals surface area contributed by atoms with Crippen molar-refractivity contribution in [2.45, 2.75) is 6.92 Å². The first-order chi connectivity index (χ1) is 6.20. The second-order valence-electron chi connectivity index (χ2n) is 2.89. The van der Waals surface area contributed by atoms with E-state index in [9.17, 15) is 4.79 Å². The standard InChI is InChI=1S/C9H7ClN2O/c1-5(13)6-4-12-9-8(6)7(10)2-3-11-9/h2-4,8H,1H3/t8-/m1/s1. The Morgan fingerprint density at radius 3 is 3.08 bits per heavy atom. The zero-order chi connectivity index (χ0) is 9.42. The molecule has 0 bridgehead atoms. The lowest BCUT2D eigenvalue weighted by atomic mass is 9.96. The Kier molecular flexibility index (Phi) is 1.88. The highest BCUT2D eigenvalue weighted by atomic mass is 35.5. The minimum atomic E-state index is -0.218. The number of hydrogen-bond donors (Lipinski definition) is 0. The third-order valence-electron chi connectivity index (χ3n) is 2.03. The van der Waals surface area contributed by atoms with E-state index in [2.05, 4.69) is 9.98 Å². The van der Waals surface area contributed by atoms with Crippen molar-refractivity contribution in [1.29, 1.82) is 0 Å². The van der Waals surface area contributed by atoms with Crippen LogP contribution in [-0.2, 0) is 4.79 Å². The number of fused-ring (bicyclic) bond motifs is 1. The molecule has 0 N–H and O–H groups in total. The van der Waals surface area contributed by atoms with Crippen LogP contribution < -0.4 is 0 Å². The van der Waals surface area contributed by atoms with E-state index in [1.807, 2.05) is 0 Å². The number of amidine groups is 1. The molecule has 0 amide bonds. The molecule has 13 heavy (non-hydrogen) atoms. The number of Topliss-reactive ketones (excluding diaryl/α,β-unsaturated/α-hetero) is 1. The van der Waals surface area contributed by atoms with Crippen LogP contribution in [-0.4, -0.2) is 17.8 Å². The molecule has 0 saturated heterocycles. The van der Waals surface area contributed by atoms with Gasteiger partial charge in [0, 0.05) is 23.0 Å². The maximum Gasteiger partial charge on any atom is 0.158 e. The number of rotatable bonds is 1. The molecule has 2 aliphatic heterocycles. The van der Waals surface area contributed by atoms with E-state index in [1.54, 1.807) is 18.5 Å². The first-order valence-electron chi connectivity index (χ1n) is 3.88. The number of ketones is 1. The molecule has 0 aromatic carbocycles. The maximum atomic E-state index is 11.2. The summed E-state index contributed by atoms with van der Waals surface area (Å²) in [4.78, 5) is 19.2. The minimum absolute atomic E-state index is 0.00704. The van der Waals surface area contributed by atoms with Crippen molar-refractivity contribution in [3.8, 4) is 0 Å². The lowest BCUT2D eigenvalue weighted by molar-refractivity contribution is -0.113. The number of nitrogens with zero attached hydrogens (tertiary/aromatic N) is 2. The Morgan fingerprint density at radius 1 is 1.62 bits per heavy atom. The monoisotopic (exact) mass is 194 g/mol. The molecule has 0 fully saturated rings. The normalized spacial score (nSPS) is 24.8. The number of allylic oxidation sites excluding steroid dienone is 1. The molecule has 0 saturated carbocycles. The van der Waals surface area contributed by atoms with E-state index in [0.717, 1.165) is 0 Å². The summed E-state index contributed by atoms with van der Waals surface area (Å²) in [5.41, 5.74) is 0.619. The second kappa shape index (κ2) is 2.92. The topological polar surface area (TPSA) is 41.8 Å². The van der Waals surface area contributed by atoms with E-state index in [1.165, 1.54) is 6.92 Å². The van der Waals surface area contributed by atoms with Crippen LogP contribution in [0.25, 0.3) is 0 Å². The Hall–Kier alpha value is -1.22. The van der Waals surface area contributed by atoms with E-state index < -0.39 is 0 Å². The van der Waals surface area contributed by atoms with Gasteiger partial charge >= 0.3 is 0 Å².